The van der Waals surface area contributed by atoms with E-state index in [9.17, 15) is 15.2 Å². The third-order valence-electron chi connectivity index (χ3n) is 4.55. The predicted octanol–water partition coefficient (Wildman–Crippen LogP) is 2.82. The molecule has 0 spiro atoms. The average molecular weight is 430 g/mol. The Morgan fingerprint density at radius 2 is 2.31 bits per heavy atom. The van der Waals surface area contributed by atoms with E-state index in [4.69, 9.17) is 0 Å². The topological polar surface area (TPSA) is 86.0 Å². The summed E-state index contributed by atoms with van der Waals surface area (Å²) in [6.45, 7) is 3.63. The minimum atomic E-state index is -0.900. The van der Waals surface area contributed by atoms with Crippen LogP contribution in [-0.2, 0) is 0 Å². The van der Waals surface area contributed by atoms with Crippen molar-refractivity contribution in [3.63, 3.8) is 0 Å². The molecule has 1 unspecified atom stereocenters. The Bertz CT molecular complexity index is 1020. The number of aryl methyl sites for hydroxylation is 1. The molecule has 0 saturated carbocycles. The van der Waals surface area contributed by atoms with Crippen LogP contribution in [0.4, 0.5) is 0 Å². The second kappa shape index (κ2) is 6.90. The second-order valence-electron chi connectivity index (χ2n) is 6.17. The third kappa shape index (κ3) is 2.95. The van der Waals surface area contributed by atoms with Crippen LogP contribution in [0.25, 0.3) is 10.1 Å². The Hall–Kier alpha value is -2.10. The van der Waals surface area contributed by atoms with Crippen LogP contribution in [0.15, 0.2) is 45.1 Å². The van der Waals surface area contributed by atoms with Gasteiger partial charge in [-0.1, -0.05) is 0 Å². The van der Waals surface area contributed by atoms with E-state index in [1.165, 1.54) is 10.5 Å². The van der Waals surface area contributed by atoms with Crippen molar-refractivity contribution < 1.29 is 9.90 Å². The van der Waals surface area contributed by atoms with Crippen LogP contribution >= 0.6 is 10.9 Å². The molecular weight excluding hydrogens is 413 g/mol. The molecule has 1 aromatic heterocycles. The molecule has 5 nitrogen and oxygen atoms in total. The number of rotatable bonds is 3. The van der Waals surface area contributed by atoms with Crippen LogP contribution in [0.2, 0.25) is 0 Å². The number of benzene rings is 1. The number of carbonyl (C=O) groups is 1. The number of hydrogen-bond donors (Lipinski definition) is 3. The maximum absolute atomic E-state index is 11.3. The summed E-state index contributed by atoms with van der Waals surface area (Å²) in [5.41, 5.74) is 3.47. The number of aromatic carboxylic acids is 1. The van der Waals surface area contributed by atoms with E-state index in [1.807, 2.05) is 18.2 Å². The summed E-state index contributed by atoms with van der Waals surface area (Å²) in [7, 11) is -0.579. The average Bonchev–Trinajstić information content (AvgIpc) is 3.25. The quantitative estimate of drug-likeness (QED) is 0.515. The molecule has 0 radical (unpaired) electrons. The number of nitrogens with one attached hydrogen (secondary N) is 1. The van der Waals surface area contributed by atoms with Crippen molar-refractivity contribution in [2.45, 2.75) is 18.2 Å². The number of thiol groups is 1. The molecule has 26 heavy (non-hydrogen) atoms. The first-order valence-corrected chi connectivity index (χ1v) is 11.4. The summed E-state index contributed by atoms with van der Waals surface area (Å²) in [5.74, 6) is -0.900. The third-order valence-corrected chi connectivity index (χ3v) is 9.51. The summed E-state index contributed by atoms with van der Waals surface area (Å²) >= 11 is -0.326. The molecule has 0 saturated heterocycles. The van der Waals surface area contributed by atoms with E-state index in [0.717, 1.165) is 34.5 Å². The van der Waals surface area contributed by atoms with Crippen LogP contribution < -0.4 is 5.32 Å². The van der Waals surface area contributed by atoms with E-state index in [-0.39, 0.29) is 14.5 Å². The Morgan fingerprint density at radius 3 is 3.04 bits per heavy atom. The first-order chi connectivity index (χ1) is 12.6. The van der Waals surface area contributed by atoms with E-state index < -0.39 is 16.9 Å². The van der Waals surface area contributed by atoms with E-state index in [2.05, 4.69) is 27.9 Å². The van der Waals surface area contributed by atoms with Gasteiger partial charge in [-0.15, -0.1) is 0 Å². The zero-order chi connectivity index (χ0) is 18.3. The number of aromatic nitrogens is 1. The number of nitrogens with zero attached hydrogens (tertiary/aromatic N) is 2. The van der Waals surface area contributed by atoms with Crippen molar-refractivity contribution in [2.24, 2.45) is 0 Å². The zero-order valence-corrected chi connectivity index (χ0v) is 16.7. The van der Waals surface area contributed by atoms with Crippen LogP contribution in [-0.4, -0.2) is 43.7 Å². The summed E-state index contributed by atoms with van der Waals surface area (Å²) < 4.78 is 1.18. The molecular formula is C19H17N3O2SSe. The van der Waals surface area contributed by atoms with Crippen molar-refractivity contribution >= 4 is 31.4 Å². The predicted molar refractivity (Wildman–Crippen MR) is 104 cm³/mol. The van der Waals surface area contributed by atoms with Crippen LogP contribution in [0, 0.1) is 18.3 Å². The molecule has 132 valence electrons. The van der Waals surface area contributed by atoms with Gasteiger partial charge in [-0.25, -0.2) is 0 Å². The number of hydrogen-bond acceptors (Lipinski definition) is 4. The fourth-order valence-electron chi connectivity index (χ4n) is 3.29. The molecule has 2 aliphatic rings. The molecule has 4 rings (SSSR count). The van der Waals surface area contributed by atoms with Gasteiger partial charge in [0.25, 0.3) is 0 Å². The Balaban J connectivity index is 1.73. The van der Waals surface area contributed by atoms with Crippen LogP contribution in [0.1, 0.15) is 26.9 Å². The van der Waals surface area contributed by atoms with E-state index >= 15 is 0 Å². The van der Waals surface area contributed by atoms with Gasteiger partial charge in [0.15, 0.2) is 0 Å². The molecule has 2 aromatic rings. The van der Waals surface area contributed by atoms with Gasteiger partial charge in [-0.05, 0) is 0 Å². The Morgan fingerprint density at radius 1 is 1.46 bits per heavy atom. The van der Waals surface area contributed by atoms with Gasteiger partial charge >= 0.3 is 160 Å². The molecule has 2 aliphatic heterocycles. The molecule has 0 bridgehead atoms. The summed E-state index contributed by atoms with van der Waals surface area (Å²) in [6, 6.07) is 8.25. The van der Waals surface area contributed by atoms with Crippen LogP contribution in [0.3, 0.4) is 0 Å². The first-order valence-electron chi connectivity index (χ1n) is 8.24. The first kappa shape index (κ1) is 17.3. The monoisotopic (exact) mass is 431 g/mol. The van der Waals surface area contributed by atoms with Crippen molar-refractivity contribution in [1.82, 2.24) is 10.3 Å². The SMILES string of the molecule is Cc1nc(-c2ccc([SH]3C=CC4=C3CCNC4)c(C#N)c2)[se]c1C(=O)O. The van der Waals surface area contributed by atoms with Crippen molar-refractivity contribution in [2.75, 3.05) is 13.1 Å². The molecule has 1 aromatic carbocycles. The fourth-order valence-corrected chi connectivity index (χ4v) is 7.57. The van der Waals surface area contributed by atoms with Gasteiger partial charge in [-0.3, -0.25) is 0 Å². The van der Waals surface area contributed by atoms with Gasteiger partial charge in [0.2, 0.25) is 0 Å². The van der Waals surface area contributed by atoms with Gasteiger partial charge < -0.3 is 0 Å². The van der Waals surface area contributed by atoms with Crippen LogP contribution in [0.5, 0.6) is 0 Å². The van der Waals surface area contributed by atoms with Gasteiger partial charge in [0.1, 0.15) is 0 Å². The summed E-state index contributed by atoms with van der Waals surface area (Å²) in [4.78, 5) is 18.3. The van der Waals surface area contributed by atoms with Crippen molar-refractivity contribution in [1.29, 1.82) is 5.26 Å². The fraction of sp³-hybridized carbons (Fsp3) is 0.211. The number of nitriles is 1. The van der Waals surface area contributed by atoms with Crippen molar-refractivity contribution in [3.05, 3.63) is 55.9 Å². The Labute approximate surface area is 160 Å². The molecule has 7 heteroatoms. The maximum atomic E-state index is 11.3. The summed E-state index contributed by atoms with van der Waals surface area (Å²) in [6.07, 6.45) is 3.22. The van der Waals surface area contributed by atoms with Gasteiger partial charge in [0.05, 0.1) is 0 Å². The second-order valence-corrected chi connectivity index (χ2v) is 10.3. The Kier molecular flexibility index (Phi) is 4.60. The van der Waals surface area contributed by atoms with E-state index in [0.29, 0.717) is 15.7 Å². The molecule has 0 fully saturated rings. The van der Waals surface area contributed by atoms with E-state index in [1.54, 1.807) is 6.92 Å². The van der Waals surface area contributed by atoms with Gasteiger partial charge in [0, 0.05) is 0 Å². The summed E-state index contributed by atoms with van der Waals surface area (Å²) in [5, 5.41) is 24.6. The zero-order valence-electron chi connectivity index (χ0n) is 14.1. The van der Waals surface area contributed by atoms with Gasteiger partial charge in [-0.2, -0.15) is 0 Å². The molecule has 3 heterocycles. The molecule has 2 N–H and O–H groups in total. The molecule has 0 aliphatic carbocycles. The molecule has 0 amide bonds. The number of carboxylic acids is 1. The normalized spacial score (nSPS) is 20.1. The molecule has 1 atom stereocenters. The minimum absolute atomic E-state index is 0.326. The standard InChI is InChI=1S/C19H17N3O2SSe/c1-11-17(19(23)24)26-18(22-11)12-2-3-15(14(8-12)9-20)25-7-5-13-10-21-6-4-16(13)25/h2-3,5,7-8,21,25H,4,6,10H2,1H3,(H,23,24). The number of carboxylic acid groups (broad SMARTS) is 1. The van der Waals surface area contributed by atoms with Crippen molar-refractivity contribution in [3.8, 4) is 16.2 Å².